The Labute approximate surface area is 120 Å². The maximum Gasteiger partial charge on any atom is 0.132 e. The van der Waals surface area contributed by atoms with Crippen LogP contribution in [0.5, 0.6) is 0 Å². The molecule has 2 aromatic rings. The van der Waals surface area contributed by atoms with Crippen LogP contribution in [0.15, 0.2) is 53.1 Å². The predicted molar refractivity (Wildman–Crippen MR) is 81.9 cm³/mol. The number of hydrogen-bond acceptors (Lipinski definition) is 3. The molecule has 3 N–H and O–H groups in total. The molecule has 0 aliphatic heterocycles. The average Bonchev–Trinajstić information content (AvgIpc) is 2.42. The quantitative estimate of drug-likeness (QED) is 0.656. The van der Waals surface area contributed by atoms with Crippen molar-refractivity contribution in [1.29, 1.82) is 5.41 Å². The van der Waals surface area contributed by atoms with E-state index in [4.69, 9.17) is 11.1 Å². The molecule has 98 valence electrons. The summed E-state index contributed by atoms with van der Waals surface area (Å²) in [6.45, 7) is 0.633. The number of aromatic nitrogens is 1. The van der Waals surface area contributed by atoms with Crippen LogP contribution < -0.4 is 10.6 Å². The van der Waals surface area contributed by atoms with E-state index >= 15 is 0 Å². The van der Waals surface area contributed by atoms with Crippen LogP contribution in [0, 0.1) is 5.41 Å². The van der Waals surface area contributed by atoms with Gasteiger partial charge in [-0.05, 0) is 40.2 Å². The molecule has 0 saturated heterocycles. The Kier molecular flexibility index (Phi) is 4.52. The lowest BCUT2D eigenvalue weighted by Crippen LogP contribution is -2.24. The summed E-state index contributed by atoms with van der Waals surface area (Å²) >= 11 is 3.38. The third kappa shape index (κ3) is 3.79. The topological polar surface area (TPSA) is 66.0 Å². The van der Waals surface area contributed by atoms with Crippen LogP contribution in [-0.4, -0.2) is 17.4 Å². The summed E-state index contributed by atoms with van der Waals surface area (Å²) in [5, 5.41) is 7.37. The van der Waals surface area contributed by atoms with Crippen molar-refractivity contribution in [1.82, 2.24) is 4.98 Å². The van der Waals surface area contributed by atoms with E-state index in [0.29, 0.717) is 13.0 Å². The van der Waals surface area contributed by atoms with Crippen LogP contribution in [0.4, 0.5) is 11.5 Å². The van der Waals surface area contributed by atoms with Gasteiger partial charge in [0.25, 0.3) is 0 Å². The van der Waals surface area contributed by atoms with Crippen molar-refractivity contribution in [3.63, 3.8) is 0 Å². The summed E-state index contributed by atoms with van der Waals surface area (Å²) in [7, 11) is 0. The van der Waals surface area contributed by atoms with Gasteiger partial charge in [0.15, 0.2) is 0 Å². The van der Waals surface area contributed by atoms with Crippen LogP contribution in [0.2, 0.25) is 0 Å². The van der Waals surface area contributed by atoms with Crippen LogP contribution in [0.25, 0.3) is 0 Å². The number of nitrogens with zero attached hydrogens (tertiary/aromatic N) is 2. The van der Waals surface area contributed by atoms with E-state index in [-0.39, 0.29) is 5.84 Å². The number of halogens is 1. The minimum absolute atomic E-state index is 0.179. The summed E-state index contributed by atoms with van der Waals surface area (Å²) in [4.78, 5) is 6.45. The molecule has 0 saturated carbocycles. The molecule has 0 atom stereocenters. The van der Waals surface area contributed by atoms with Crippen molar-refractivity contribution in [2.75, 3.05) is 11.4 Å². The summed E-state index contributed by atoms with van der Waals surface area (Å²) < 4.78 is 0.941. The number of hydrogen-bond donors (Lipinski definition) is 2. The van der Waals surface area contributed by atoms with E-state index in [1.54, 1.807) is 6.20 Å². The minimum atomic E-state index is 0.179. The zero-order valence-electron chi connectivity index (χ0n) is 10.4. The van der Waals surface area contributed by atoms with Crippen LogP contribution in [-0.2, 0) is 0 Å². The Morgan fingerprint density at radius 3 is 2.53 bits per heavy atom. The predicted octanol–water partition coefficient (Wildman–Crippen LogP) is 3.31. The lowest BCUT2D eigenvalue weighted by atomic mass is 10.2. The summed E-state index contributed by atoms with van der Waals surface area (Å²) in [6, 6.07) is 13.9. The number of para-hydroxylation sites is 1. The number of amidine groups is 1. The third-order valence-electron chi connectivity index (χ3n) is 2.66. The Bertz CT molecular complexity index is 539. The number of nitrogens with one attached hydrogen (secondary N) is 1. The van der Waals surface area contributed by atoms with Gasteiger partial charge in [0.05, 0.1) is 5.84 Å². The molecule has 2 rings (SSSR count). The molecule has 19 heavy (non-hydrogen) atoms. The molecule has 1 aromatic heterocycles. The molecule has 0 bridgehead atoms. The molecule has 0 radical (unpaired) electrons. The Morgan fingerprint density at radius 2 is 1.95 bits per heavy atom. The van der Waals surface area contributed by atoms with E-state index in [1.165, 1.54) is 0 Å². The van der Waals surface area contributed by atoms with Crippen LogP contribution in [0.1, 0.15) is 6.42 Å². The summed E-state index contributed by atoms with van der Waals surface area (Å²) in [5.74, 6) is 1.02. The number of benzene rings is 1. The van der Waals surface area contributed by atoms with Crippen LogP contribution >= 0.6 is 15.9 Å². The maximum atomic E-state index is 7.37. The van der Waals surface area contributed by atoms with Crippen molar-refractivity contribution >= 4 is 33.3 Å². The largest absolute Gasteiger partial charge is 0.388 e. The van der Waals surface area contributed by atoms with Gasteiger partial charge in [-0.15, -0.1) is 0 Å². The smallest absolute Gasteiger partial charge is 0.132 e. The maximum absolute atomic E-state index is 7.37. The molecule has 1 aromatic carbocycles. The summed E-state index contributed by atoms with van der Waals surface area (Å²) in [5.41, 5.74) is 6.49. The molecule has 5 heteroatoms. The van der Waals surface area contributed by atoms with Crippen molar-refractivity contribution in [2.45, 2.75) is 6.42 Å². The van der Waals surface area contributed by atoms with E-state index in [9.17, 15) is 0 Å². The van der Waals surface area contributed by atoms with E-state index in [0.717, 1.165) is 16.0 Å². The highest BCUT2D eigenvalue weighted by Gasteiger charge is 2.10. The van der Waals surface area contributed by atoms with Crippen molar-refractivity contribution in [2.24, 2.45) is 5.73 Å². The van der Waals surface area contributed by atoms with Gasteiger partial charge in [0, 0.05) is 29.3 Å². The first-order valence-electron chi connectivity index (χ1n) is 5.94. The van der Waals surface area contributed by atoms with Gasteiger partial charge in [-0.1, -0.05) is 18.2 Å². The molecule has 0 spiro atoms. The lowest BCUT2D eigenvalue weighted by molar-refractivity contribution is 0.931. The first kappa shape index (κ1) is 13.5. The van der Waals surface area contributed by atoms with Gasteiger partial charge in [-0.25, -0.2) is 4.98 Å². The number of pyridine rings is 1. The zero-order valence-corrected chi connectivity index (χ0v) is 12.0. The average molecular weight is 319 g/mol. The molecule has 1 heterocycles. The molecule has 0 aliphatic carbocycles. The number of rotatable bonds is 5. The zero-order chi connectivity index (χ0) is 13.7. The first-order valence-corrected chi connectivity index (χ1v) is 6.73. The van der Waals surface area contributed by atoms with Gasteiger partial charge in [0.1, 0.15) is 5.82 Å². The Hall–Kier alpha value is -1.88. The van der Waals surface area contributed by atoms with E-state index in [1.807, 2.05) is 47.4 Å². The fourth-order valence-electron chi connectivity index (χ4n) is 1.74. The fraction of sp³-hybridized carbons (Fsp3) is 0.143. The third-order valence-corrected chi connectivity index (χ3v) is 3.13. The molecule has 0 unspecified atom stereocenters. The van der Waals surface area contributed by atoms with Crippen molar-refractivity contribution in [3.05, 3.63) is 53.1 Å². The highest BCUT2D eigenvalue weighted by molar-refractivity contribution is 9.10. The minimum Gasteiger partial charge on any atom is -0.388 e. The second-order valence-electron chi connectivity index (χ2n) is 4.10. The number of nitrogens with two attached hydrogens (primary N) is 1. The highest BCUT2D eigenvalue weighted by Crippen LogP contribution is 2.24. The fourth-order valence-corrected chi connectivity index (χ4v) is 1.98. The van der Waals surface area contributed by atoms with Gasteiger partial charge in [-0.3, -0.25) is 5.41 Å². The second kappa shape index (κ2) is 6.33. The van der Waals surface area contributed by atoms with Crippen LogP contribution in [0.3, 0.4) is 0 Å². The monoisotopic (exact) mass is 318 g/mol. The van der Waals surface area contributed by atoms with Crippen molar-refractivity contribution < 1.29 is 0 Å². The standard InChI is InChI=1S/C14H15BrN4/c15-11-6-7-14(18-10-11)19(9-8-13(16)17)12-4-2-1-3-5-12/h1-7,10H,8-9H2,(H3,16,17). The second-order valence-corrected chi connectivity index (χ2v) is 5.01. The lowest BCUT2D eigenvalue weighted by Gasteiger charge is -2.23. The molecular formula is C14H15BrN4. The van der Waals surface area contributed by atoms with Gasteiger partial charge in [0.2, 0.25) is 0 Å². The first-order chi connectivity index (χ1) is 9.16. The molecule has 0 amide bonds. The van der Waals surface area contributed by atoms with Gasteiger partial charge < -0.3 is 10.6 Å². The Balaban J connectivity index is 2.28. The molecule has 0 fully saturated rings. The molecular weight excluding hydrogens is 304 g/mol. The SMILES string of the molecule is N=C(N)CCN(c1ccccc1)c1ccc(Br)cn1. The van der Waals surface area contributed by atoms with Crippen molar-refractivity contribution in [3.8, 4) is 0 Å². The number of anilines is 2. The normalized spacial score (nSPS) is 10.2. The van der Waals surface area contributed by atoms with E-state index < -0.39 is 0 Å². The summed E-state index contributed by atoms with van der Waals surface area (Å²) in [6.07, 6.45) is 2.27. The van der Waals surface area contributed by atoms with E-state index in [2.05, 4.69) is 20.9 Å². The molecule has 4 nitrogen and oxygen atoms in total. The molecule has 0 aliphatic rings. The van der Waals surface area contributed by atoms with Gasteiger partial charge >= 0.3 is 0 Å². The Morgan fingerprint density at radius 1 is 1.21 bits per heavy atom. The highest BCUT2D eigenvalue weighted by atomic mass is 79.9. The van der Waals surface area contributed by atoms with Gasteiger partial charge in [-0.2, -0.15) is 0 Å².